The minimum atomic E-state index is -1.16. The Kier molecular flexibility index (Phi) is 17.3. The predicted molar refractivity (Wildman–Crippen MR) is 242 cm³/mol. The lowest BCUT2D eigenvalue weighted by Gasteiger charge is -2.23. The molecule has 0 radical (unpaired) electrons. The van der Waals surface area contributed by atoms with Crippen LogP contribution in [-0.4, -0.2) is 63.3 Å². The summed E-state index contributed by atoms with van der Waals surface area (Å²) in [4.78, 5) is 53.8. The van der Waals surface area contributed by atoms with Gasteiger partial charge < -0.3 is 26.0 Å². The van der Waals surface area contributed by atoms with Crippen molar-refractivity contribution >= 4 is 112 Å². The number of aliphatic hydroxyl groups is 2. The van der Waals surface area contributed by atoms with E-state index in [4.69, 9.17) is 57.8 Å². The molecule has 21 heteroatoms. The number of anilines is 2. The van der Waals surface area contributed by atoms with E-state index in [0.29, 0.717) is 69.7 Å². The van der Waals surface area contributed by atoms with E-state index < -0.39 is 42.1 Å². The number of amides is 3. The maximum atomic E-state index is 12.6. The fourth-order valence-corrected chi connectivity index (χ4v) is 8.08. The first kappa shape index (κ1) is 48.4. The van der Waals surface area contributed by atoms with Crippen molar-refractivity contribution in [2.24, 2.45) is 5.84 Å². The van der Waals surface area contributed by atoms with Crippen LogP contribution in [0.4, 0.5) is 22.7 Å². The van der Waals surface area contributed by atoms with E-state index in [0.717, 1.165) is 0 Å². The molecule has 0 saturated carbocycles. The Morgan fingerprint density at radius 3 is 1.46 bits per heavy atom. The summed E-state index contributed by atoms with van der Waals surface area (Å²) in [5.41, 5.74) is 10.1. The Morgan fingerprint density at radius 2 is 1.10 bits per heavy atom. The molecule has 3 amide bonds. The topological polar surface area (TPSA) is 271 Å². The minimum Gasteiger partial charge on any atom is -0.480 e. The highest BCUT2D eigenvalue weighted by molar-refractivity contribution is 7.19. The van der Waals surface area contributed by atoms with Crippen molar-refractivity contribution in [1.82, 2.24) is 16.3 Å². The third kappa shape index (κ3) is 12.2. The van der Waals surface area contributed by atoms with Crippen molar-refractivity contribution in [1.29, 1.82) is 10.5 Å². The van der Waals surface area contributed by atoms with Crippen LogP contribution in [0.1, 0.15) is 45.7 Å². The number of rotatable bonds is 10. The average molecular weight is 926 g/mol. The number of aliphatic carboxylic acids is 1. The number of halogens is 2. The summed E-state index contributed by atoms with van der Waals surface area (Å²) in [6.07, 6.45) is -2.18. The number of thiophene rings is 2. The number of nitrogen functional groups attached to an aromatic ring is 1. The van der Waals surface area contributed by atoms with Crippen LogP contribution < -0.4 is 32.8 Å². The summed E-state index contributed by atoms with van der Waals surface area (Å²) in [6.45, 7) is 17.2. The second kappa shape index (κ2) is 22.5. The molecule has 2 heterocycles. The number of nitrogens with two attached hydrogens (primary N) is 1. The lowest BCUT2D eigenvalue weighted by molar-refractivity contribution is -0.140. The van der Waals surface area contributed by atoms with E-state index in [-0.39, 0.29) is 11.5 Å². The molecule has 0 saturated heterocycles. The summed E-state index contributed by atoms with van der Waals surface area (Å²) in [7, 11) is 0. The number of hydrogen-bond acceptors (Lipinski definition) is 13. The fourth-order valence-electron chi connectivity index (χ4n) is 5.48. The number of hydrazine groups is 2. The van der Waals surface area contributed by atoms with Crippen molar-refractivity contribution in [2.75, 3.05) is 10.6 Å². The minimum absolute atomic E-state index is 0.252. The van der Waals surface area contributed by atoms with Gasteiger partial charge in [0.15, 0.2) is 6.04 Å². The number of benzene rings is 4. The first-order valence-electron chi connectivity index (χ1n) is 18.0. The maximum Gasteiger partial charge on any atom is 0.328 e. The van der Waals surface area contributed by atoms with E-state index in [1.54, 1.807) is 59.3 Å². The zero-order chi connectivity index (χ0) is 46.4. The second-order valence-electron chi connectivity index (χ2n) is 12.9. The number of nitriles is 2. The SMILES string of the molecule is N#Cc1ccc(C(=O)NN)cc1.[C-]#[N+]c1ccc(N[C@@H](C(=O)NNC(=O)c2ccc(C#N)cc2)[C@H](C)O)c2c(Cl)csc12.[C-]#[N+]c1ccc(N[C@@H](C(=O)O)[C@H](C)O)c2c(Cl)csc12. The Balaban J connectivity index is 0.000000232. The highest BCUT2D eigenvalue weighted by Crippen LogP contribution is 2.42. The van der Waals surface area contributed by atoms with E-state index in [2.05, 4.69) is 31.2 Å². The van der Waals surface area contributed by atoms with Gasteiger partial charge in [-0.1, -0.05) is 35.3 Å². The van der Waals surface area contributed by atoms with Crippen molar-refractivity contribution in [3.8, 4) is 12.1 Å². The van der Waals surface area contributed by atoms with Gasteiger partial charge in [-0.15, -0.1) is 0 Å². The molecule has 0 aliphatic carbocycles. The first-order valence-corrected chi connectivity index (χ1v) is 20.5. The first-order chi connectivity index (χ1) is 30.1. The molecule has 320 valence electrons. The number of carbonyl (C=O) groups excluding carboxylic acids is 3. The van der Waals surface area contributed by atoms with Crippen LogP contribution >= 0.6 is 45.9 Å². The smallest absolute Gasteiger partial charge is 0.328 e. The summed E-state index contributed by atoms with van der Waals surface area (Å²) >= 11 is 15.0. The highest BCUT2D eigenvalue weighted by atomic mass is 35.5. The van der Waals surface area contributed by atoms with Crippen LogP contribution in [0.3, 0.4) is 0 Å². The van der Waals surface area contributed by atoms with Gasteiger partial charge in [0.25, 0.3) is 17.7 Å². The fraction of sp³-hybridized carbons (Fsp3) is 0.143. The number of carbonyl (C=O) groups is 4. The Hall–Kier alpha value is -7.30. The number of carboxylic acids is 1. The Morgan fingerprint density at radius 1 is 0.683 bits per heavy atom. The number of fused-ring (bicyclic) bond motifs is 2. The third-order valence-electron chi connectivity index (χ3n) is 8.67. The van der Waals surface area contributed by atoms with Crippen LogP contribution in [0.5, 0.6) is 0 Å². The van der Waals surface area contributed by atoms with Gasteiger partial charge in [0.1, 0.15) is 6.04 Å². The summed E-state index contributed by atoms with van der Waals surface area (Å²) in [5.74, 6) is 2.14. The summed E-state index contributed by atoms with van der Waals surface area (Å²) < 4.78 is 1.37. The quantitative estimate of drug-likeness (QED) is 0.0288. The second-order valence-corrected chi connectivity index (χ2v) is 15.5. The molecule has 17 nitrogen and oxygen atoms in total. The lowest BCUT2D eigenvalue weighted by Crippen LogP contribution is -2.52. The molecule has 10 N–H and O–H groups in total. The Bertz CT molecular complexity index is 2820. The summed E-state index contributed by atoms with van der Waals surface area (Å²) in [5, 5.41) is 57.2. The number of hydrogen-bond donors (Lipinski definition) is 9. The van der Waals surface area contributed by atoms with Gasteiger partial charge in [-0.3, -0.25) is 30.7 Å². The van der Waals surface area contributed by atoms with Gasteiger partial charge >= 0.3 is 5.97 Å². The van der Waals surface area contributed by atoms with Crippen molar-refractivity contribution in [3.05, 3.63) is 139 Å². The lowest BCUT2D eigenvalue weighted by atomic mass is 10.1. The van der Waals surface area contributed by atoms with Crippen LogP contribution in [0.2, 0.25) is 10.0 Å². The number of nitrogens with zero attached hydrogens (tertiary/aromatic N) is 4. The van der Waals surface area contributed by atoms with Crippen molar-refractivity contribution < 1.29 is 34.5 Å². The summed E-state index contributed by atoms with van der Waals surface area (Å²) in [6, 6.07) is 20.2. The number of carboxylic acid groups (broad SMARTS) is 1. The van der Waals surface area contributed by atoms with Crippen LogP contribution in [-0.2, 0) is 9.59 Å². The van der Waals surface area contributed by atoms with Crippen LogP contribution in [0.25, 0.3) is 29.9 Å². The van der Waals surface area contributed by atoms with Gasteiger partial charge in [-0.05, 0) is 74.5 Å². The van der Waals surface area contributed by atoms with Gasteiger partial charge in [0.2, 0.25) is 11.4 Å². The van der Waals surface area contributed by atoms with Crippen LogP contribution in [0, 0.1) is 35.8 Å². The zero-order valence-electron chi connectivity index (χ0n) is 32.8. The van der Waals surface area contributed by atoms with Crippen molar-refractivity contribution in [2.45, 2.75) is 38.1 Å². The molecule has 0 fully saturated rings. The van der Waals surface area contributed by atoms with E-state index in [1.807, 2.05) is 17.6 Å². The van der Waals surface area contributed by atoms with Gasteiger partial charge in [0.05, 0.1) is 58.7 Å². The molecule has 0 aliphatic rings. The van der Waals surface area contributed by atoms with Crippen LogP contribution in [0.15, 0.2) is 83.6 Å². The zero-order valence-corrected chi connectivity index (χ0v) is 36.0. The molecule has 4 atom stereocenters. The van der Waals surface area contributed by atoms with Gasteiger partial charge in [-0.2, -0.15) is 33.2 Å². The molecule has 4 aromatic carbocycles. The van der Waals surface area contributed by atoms with Gasteiger partial charge in [0, 0.05) is 53.4 Å². The molecular formula is C42H34Cl2N10O7S2. The molecule has 63 heavy (non-hydrogen) atoms. The largest absolute Gasteiger partial charge is 0.480 e. The molecule has 6 rings (SSSR count). The molecule has 2 aromatic heterocycles. The third-order valence-corrected chi connectivity index (χ3v) is 11.5. The monoisotopic (exact) mass is 924 g/mol. The normalized spacial score (nSPS) is 12.0. The molecular weight excluding hydrogens is 892 g/mol. The van der Waals surface area contributed by atoms with Gasteiger partial charge in [-0.25, -0.2) is 20.3 Å². The molecule has 0 aliphatic heterocycles. The molecule has 0 spiro atoms. The molecule has 0 bridgehead atoms. The Labute approximate surface area is 377 Å². The number of aliphatic hydroxyl groups excluding tert-OH is 2. The standard InChI is InChI=1S/C21H16ClN5O3S.C13H11ClN2O3S.C8H7N3O/c1-11(28)18(21(30)27-26-20(29)13-5-3-12(9-23)4-6-13)25-15-7-8-16(24-2)19-17(15)14(22)10-31-19;1-6(17)11(13(18)19)16-8-3-4-9(15-2)12-10(8)7(14)5-20-12;9-5-6-1-3-7(4-2-6)8(12)11-10/h3-8,10-11,18,25,28H,1H3,(H,26,29)(H,27,30);3-6,11,16-17H,1H3,(H,18,19);1-4H,10H2,(H,11,12)/t11-,18+;6-,11+;/m00./s1. The molecule has 0 unspecified atom stereocenters. The number of nitrogens with one attached hydrogen (secondary N) is 5. The van der Waals surface area contributed by atoms with E-state index in [1.165, 1.54) is 60.8 Å². The highest BCUT2D eigenvalue weighted by Gasteiger charge is 2.27. The van der Waals surface area contributed by atoms with Crippen molar-refractivity contribution in [3.63, 3.8) is 0 Å². The van der Waals surface area contributed by atoms with E-state index in [9.17, 15) is 29.4 Å². The molecule has 6 aromatic rings. The average Bonchev–Trinajstić information content (AvgIpc) is 3.88. The maximum absolute atomic E-state index is 12.6. The van der Waals surface area contributed by atoms with E-state index >= 15 is 0 Å². The predicted octanol–water partition coefficient (Wildman–Crippen LogP) is 7.11.